The SMILES string of the molecule is CCCC(OCC[O])c1ccccc1. The van der Waals surface area contributed by atoms with Crippen molar-refractivity contribution in [3.63, 3.8) is 0 Å². The second-order valence-electron chi connectivity index (χ2n) is 3.26. The lowest BCUT2D eigenvalue weighted by Crippen LogP contribution is -2.07. The van der Waals surface area contributed by atoms with Crippen LogP contribution >= 0.6 is 0 Å². The zero-order valence-electron chi connectivity index (χ0n) is 8.61. The van der Waals surface area contributed by atoms with Crippen molar-refractivity contribution < 1.29 is 9.84 Å². The summed E-state index contributed by atoms with van der Waals surface area (Å²) in [6.07, 6.45) is 2.14. The van der Waals surface area contributed by atoms with Crippen LogP contribution in [0.25, 0.3) is 0 Å². The van der Waals surface area contributed by atoms with Gasteiger partial charge in [0.1, 0.15) is 6.61 Å². The number of hydrogen-bond donors (Lipinski definition) is 0. The molecule has 0 aromatic heterocycles. The Kier molecular flexibility index (Phi) is 5.27. The smallest absolute Gasteiger partial charge is 0.106 e. The molecule has 1 radical (unpaired) electrons. The highest BCUT2D eigenvalue weighted by molar-refractivity contribution is 5.17. The van der Waals surface area contributed by atoms with E-state index in [0.717, 1.165) is 12.8 Å². The third-order valence-electron chi connectivity index (χ3n) is 2.12. The fourth-order valence-electron chi connectivity index (χ4n) is 1.47. The van der Waals surface area contributed by atoms with Crippen molar-refractivity contribution >= 4 is 0 Å². The maximum absolute atomic E-state index is 10.3. The Bertz CT molecular complexity index is 233. The van der Waals surface area contributed by atoms with Crippen molar-refractivity contribution in [1.82, 2.24) is 0 Å². The van der Waals surface area contributed by atoms with Gasteiger partial charge in [0.15, 0.2) is 0 Å². The molecule has 0 aliphatic rings. The third kappa shape index (κ3) is 3.48. The fourth-order valence-corrected chi connectivity index (χ4v) is 1.47. The molecule has 0 saturated carbocycles. The van der Waals surface area contributed by atoms with E-state index in [-0.39, 0.29) is 12.7 Å². The molecule has 1 rings (SSSR count). The van der Waals surface area contributed by atoms with E-state index in [9.17, 15) is 5.11 Å². The van der Waals surface area contributed by atoms with Crippen LogP contribution in [0.2, 0.25) is 0 Å². The summed E-state index contributed by atoms with van der Waals surface area (Å²) in [5.74, 6) is 0. The molecule has 2 nitrogen and oxygen atoms in total. The summed E-state index contributed by atoms with van der Waals surface area (Å²) >= 11 is 0. The summed E-state index contributed by atoms with van der Waals surface area (Å²) in [5.41, 5.74) is 1.17. The monoisotopic (exact) mass is 193 g/mol. The molecule has 0 saturated heterocycles. The summed E-state index contributed by atoms with van der Waals surface area (Å²) in [4.78, 5) is 0. The van der Waals surface area contributed by atoms with Gasteiger partial charge >= 0.3 is 0 Å². The minimum Gasteiger partial charge on any atom is -0.371 e. The molecular weight excluding hydrogens is 176 g/mol. The predicted molar refractivity (Wildman–Crippen MR) is 55.6 cm³/mol. The number of rotatable bonds is 6. The molecule has 0 aliphatic heterocycles. The van der Waals surface area contributed by atoms with E-state index < -0.39 is 0 Å². The molecule has 77 valence electrons. The highest BCUT2D eigenvalue weighted by Crippen LogP contribution is 2.21. The van der Waals surface area contributed by atoms with E-state index in [4.69, 9.17) is 4.74 Å². The lowest BCUT2D eigenvalue weighted by Gasteiger charge is -2.16. The zero-order valence-corrected chi connectivity index (χ0v) is 8.61. The van der Waals surface area contributed by atoms with Crippen LogP contribution in [0.5, 0.6) is 0 Å². The molecular formula is C12H17O2. The van der Waals surface area contributed by atoms with Gasteiger partial charge in [0, 0.05) is 0 Å². The zero-order chi connectivity index (χ0) is 10.2. The van der Waals surface area contributed by atoms with Gasteiger partial charge in [0.25, 0.3) is 0 Å². The average molecular weight is 193 g/mol. The first-order valence-corrected chi connectivity index (χ1v) is 5.13. The molecule has 0 heterocycles. The van der Waals surface area contributed by atoms with E-state index in [2.05, 4.69) is 6.92 Å². The van der Waals surface area contributed by atoms with Gasteiger partial charge in [-0.05, 0) is 12.0 Å². The Labute approximate surface area is 85.5 Å². The van der Waals surface area contributed by atoms with Gasteiger partial charge < -0.3 is 4.74 Å². The van der Waals surface area contributed by atoms with Crippen molar-refractivity contribution in [2.24, 2.45) is 0 Å². The molecule has 0 aliphatic carbocycles. The number of ether oxygens (including phenoxy) is 1. The van der Waals surface area contributed by atoms with Crippen LogP contribution in [-0.4, -0.2) is 13.2 Å². The summed E-state index contributed by atoms with van der Waals surface area (Å²) in [6, 6.07) is 10.1. The molecule has 0 N–H and O–H groups in total. The van der Waals surface area contributed by atoms with E-state index in [1.165, 1.54) is 5.56 Å². The van der Waals surface area contributed by atoms with E-state index in [1.54, 1.807) is 0 Å². The first-order chi connectivity index (χ1) is 6.88. The van der Waals surface area contributed by atoms with Crippen LogP contribution in [-0.2, 0) is 9.84 Å². The molecule has 1 aromatic rings. The largest absolute Gasteiger partial charge is 0.371 e. The molecule has 2 heteroatoms. The minimum atomic E-state index is -0.160. The van der Waals surface area contributed by atoms with Crippen LogP contribution in [0.4, 0.5) is 0 Å². The van der Waals surface area contributed by atoms with Gasteiger partial charge in [-0.1, -0.05) is 43.7 Å². The molecule has 1 atom stereocenters. The lowest BCUT2D eigenvalue weighted by molar-refractivity contribution is 0.00681. The normalized spacial score (nSPS) is 12.7. The Morgan fingerprint density at radius 2 is 2.00 bits per heavy atom. The van der Waals surface area contributed by atoms with Crippen LogP contribution in [0.1, 0.15) is 31.4 Å². The van der Waals surface area contributed by atoms with Crippen LogP contribution < -0.4 is 0 Å². The van der Waals surface area contributed by atoms with Crippen molar-refractivity contribution in [3.05, 3.63) is 35.9 Å². The first kappa shape index (κ1) is 11.2. The van der Waals surface area contributed by atoms with E-state index >= 15 is 0 Å². The topological polar surface area (TPSA) is 29.1 Å². The Balaban J connectivity index is 2.58. The highest BCUT2D eigenvalue weighted by Gasteiger charge is 2.09. The third-order valence-corrected chi connectivity index (χ3v) is 2.12. The first-order valence-electron chi connectivity index (χ1n) is 5.13. The van der Waals surface area contributed by atoms with Crippen molar-refractivity contribution in [3.8, 4) is 0 Å². The second kappa shape index (κ2) is 6.57. The van der Waals surface area contributed by atoms with Gasteiger partial charge in [-0.2, -0.15) is 0 Å². The maximum Gasteiger partial charge on any atom is 0.106 e. The Hall–Kier alpha value is -0.860. The van der Waals surface area contributed by atoms with E-state index in [0.29, 0.717) is 6.61 Å². The average Bonchev–Trinajstić information content (AvgIpc) is 2.25. The van der Waals surface area contributed by atoms with Crippen molar-refractivity contribution in [2.45, 2.75) is 25.9 Å². The summed E-state index contributed by atoms with van der Waals surface area (Å²) in [5, 5.41) is 10.3. The van der Waals surface area contributed by atoms with E-state index in [1.807, 2.05) is 30.3 Å². The van der Waals surface area contributed by atoms with Gasteiger partial charge in [0.2, 0.25) is 0 Å². The number of benzene rings is 1. The molecule has 14 heavy (non-hydrogen) atoms. The van der Waals surface area contributed by atoms with Gasteiger partial charge in [-0.3, -0.25) is 0 Å². The van der Waals surface area contributed by atoms with Crippen LogP contribution in [0.15, 0.2) is 30.3 Å². The Morgan fingerprint density at radius 1 is 1.29 bits per heavy atom. The van der Waals surface area contributed by atoms with Gasteiger partial charge in [-0.25, -0.2) is 5.11 Å². The van der Waals surface area contributed by atoms with Crippen LogP contribution in [0.3, 0.4) is 0 Å². The lowest BCUT2D eigenvalue weighted by atomic mass is 10.1. The molecule has 1 unspecified atom stereocenters. The second-order valence-corrected chi connectivity index (χ2v) is 3.26. The predicted octanol–water partition coefficient (Wildman–Crippen LogP) is 2.97. The molecule has 0 fully saturated rings. The minimum absolute atomic E-state index is 0.0927. The maximum atomic E-state index is 10.3. The summed E-state index contributed by atoms with van der Waals surface area (Å²) in [6.45, 7) is 2.27. The summed E-state index contributed by atoms with van der Waals surface area (Å²) in [7, 11) is 0. The quantitative estimate of drug-likeness (QED) is 0.682. The summed E-state index contributed by atoms with van der Waals surface area (Å²) < 4.78 is 5.51. The Morgan fingerprint density at radius 3 is 2.57 bits per heavy atom. The van der Waals surface area contributed by atoms with Crippen molar-refractivity contribution in [1.29, 1.82) is 0 Å². The number of hydrogen-bond acceptors (Lipinski definition) is 1. The van der Waals surface area contributed by atoms with Crippen molar-refractivity contribution in [2.75, 3.05) is 13.2 Å². The van der Waals surface area contributed by atoms with Gasteiger partial charge in [0.05, 0.1) is 12.7 Å². The fraction of sp³-hybridized carbons (Fsp3) is 0.500. The molecule has 0 bridgehead atoms. The molecule has 0 amide bonds. The van der Waals surface area contributed by atoms with Crippen LogP contribution in [0, 0.1) is 0 Å². The highest BCUT2D eigenvalue weighted by atomic mass is 16.5. The standard InChI is InChI=1S/C12H17O2/c1-2-6-12(14-10-9-13)11-7-4-3-5-8-11/h3-5,7-8,12H,2,6,9-10H2,1H3. The molecule has 1 aromatic carbocycles. The molecule has 0 spiro atoms. The van der Waals surface area contributed by atoms with Gasteiger partial charge in [-0.15, -0.1) is 0 Å².